The Kier molecular flexibility index (Phi) is 43.5. The van der Waals surface area contributed by atoms with E-state index >= 15 is 0 Å². The summed E-state index contributed by atoms with van der Waals surface area (Å²) in [6.07, 6.45) is 53.9. The van der Waals surface area contributed by atoms with Crippen molar-refractivity contribution in [2.24, 2.45) is 0 Å². The fourth-order valence-corrected chi connectivity index (χ4v) is 10.8. The largest absolute Gasteiger partial charge is 0.493 e. The average Bonchev–Trinajstić information content (AvgIpc) is 3.88. The molecule has 2 N–H and O–H groups in total. The molecule has 0 radical (unpaired) electrons. The molecule has 0 aliphatic carbocycles. The first-order chi connectivity index (χ1) is 38.9. The topological polar surface area (TPSA) is 65.8 Å². The quantitative estimate of drug-likeness (QED) is 0.0264. The van der Waals surface area contributed by atoms with Gasteiger partial charge in [0.25, 0.3) is 0 Å². The van der Waals surface area contributed by atoms with Crippen LogP contribution in [0.15, 0.2) is 120 Å². The van der Waals surface area contributed by atoms with E-state index in [0.29, 0.717) is 0 Å². The fraction of sp³-hybridized carbons (Fsp3) is 0.573. The minimum Gasteiger partial charge on any atom is -0.493 e. The number of aliphatic hydroxyl groups excluding tert-OH is 2. The molecule has 0 saturated heterocycles. The van der Waals surface area contributed by atoms with Gasteiger partial charge < -0.3 is 15.7 Å². The number of unbranched alkanes of at least 4 members (excludes halogenated alkanes) is 25. The molecule has 1 heterocycles. The first-order valence-electron chi connectivity index (χ1n) is 32.7. The van der Waals surface area contributed by atoms with E-state index in [1.165, 1.54) is 206 Å². The number of hydrogen-bond acceptors (Lipinski definition) is 2. The number of aryl methyl sites for hydroxylation is 2. The maximum Gasteiger partial charge on any atom is 0.211 e. The molecule has 1 aliphatic rings. The predicted octanol–water partition coefficient (Wildman–Crippen LogP) is 23.3. The number of rotatable bonds is 41. The third-order valence-corrected chi connectivity index (χ3v) is 15.5. The molecule has 0 amide bonds. The van der Waals surface area contributed by atoms with Crippen molar-refractivity contribution in [3.8, 4) is 0 Å². The molecule has 0 saturated carbocycles. The van der Waals surface area contributed by atoms with Crippen LogP contribution in [-0.4, -0.2) is 14.9 Å². The minimum absolute atomic E-state index is 0. The van der Waals surface area contributed by atoms with Gasteiger partial charge in [0.15, 0.2) is 0 Å². The fourth-order valence-electron chi connectivity index (χ4n) is 10.8. The van der Waals surface area contributed by atoms with E-state index in [4.69, 9.17) is 10.2 Å². The number of aliphatic hydroxyl groups is 2. The van der Waals surface area contributed by atoms with Crippen molar-refractivity contribution in [3.05, 3.63) is 170 Å². The van der Waals surface area contributed by atoms with Gasteiger partial charge in [0.1, 0.15) is 0 Å². The van der Waals surface area contributed by atoms with Gasteiger partial charge in [-0.1, -0.05) is 280 Å². The van der Waals surface area contributed by atoms with Crippen molar-refractivity contribution >= 4 is 23.5 Å². The Morgan fingerprint density at radius 3 is 1.04 bits per heavy atom. The summed E-state index contributed by atoms with van der Waals surface area (Å²) in [6, 6.07) is 33.5. The summed E-state index contributed by atoms with van der Waals surface area (Å²) < 4.78 is 1.66. The van der Waals surface area contributed by atoms with E-state index in [1.807, 2.05) is 60.7 Å². The summed E-state index contributed by atoms with van der Waals surface area (Å²) in [5, 5.41) is 17.1. The molecule has 0 fully saturated rings. The molecule has 446 valence electrons. The Bertz CT molecular complexity index is 2170. The van der Waals surface area contributed by atoms with Crippen LogP contribution in [0.2, 0.25) is 0 Å². The van der Waals surface area contributed by atoms with Crippen LogP contribution in [0.4, 0.5) is 0 Å². The van der Waals surface area contributed by atoms with Crippen molar-refractivity contribution in [2.45, 2.75) is 279 Å². The van der Waals surface area contributed by atoms with Crippen LogP contribution >= 0.6 is 0 Å². The van der Waals surface area contributed by atoms with Crippen molar-refractivity contribution in [1.82, 2.24) is 0 Å². The van der Waals surface area contributed by atoms with Gasteiger partial charge in [-0.05, 0) is 141 Å². The van der Waals surface area contributed by atoms with Crippen LogP contribution in [0, 0.1) is 0 Å². The van der Waals surface area contributed by atoms with E-state index in [0.717, 1.165) is 85.9 Å². The van der Waals surface area contributed by atoms with E-state index in [2.05, 4.69) is 102 Å². The molecule has 4 nitrogen and oxygen atoms in total. The van der Waals surface area contributed by atoms with Crippen molar-refractivity contribution in [1.29, 1.82) is 0 Å². The summed E-state index contributed by atoms with van der Waals surface area (Å²) in [5.74, 6) is 0. The minimum atomic E-state index is 0. The Morgan fingerprint density at radius 2 is 0.675 bits per heavy atom. The summed E-state index contributed by atoms with van der Waals surface area (Å²) >= 11 is 0. The standard InChI is InChI=1S/C61H98N2.2C7H8O.Ni/c1-7-13-19-21-23-25-27-29-31-33-38-42-54-47-55(43-39-34-32-30-28-26-24-22-20-14-8-2)51-56(50-54)60-58(44-18-12-6)59(45-37-17-11-5)61(63(60)62)57-48-52(40-35-15-9-3)46-53(49-57)41-36-16-10-4;2*8-6-7-4-2-1-3-5-7;/h38-39,42-43,46-51H,7-37,40-41,44-45H2,1-6H3;2*1-5,8H,6H2;. The molecule has 0 unspecified atom stereocenters. The van der Waals surface area contributed by atoms with Crippen LogP contribution in [0.1, 0.15) is 298 Å². The normalized spacial score (nSPS) is 12.3. The molecule has 0 spiro atoms. The number of nitrogens with zero attached hydrogens (tertiary/aromatic N) is 2. The second-order valence-corrected chi connectivity index (χ2v) is 22.7. The van der Waals surface area contributed by atoms with Gasteiger partial charge in [0.05, 0.1) is 13.2 Å². The van der Waals surface area contributed by atoms with Gasteiger partial charge in [0.2, 0.25) is 11.4 Å². The van der Waals surface area contributed by atoms with Crippen molar-refractivity contribution < 1.29 is 31.4 Å². The van der Waals surface area contributed by atoms with Crippen LogP contribution < -0.4 is 0 Å². The van der Waals surface area contributed by atoms with Gasteiger partial charge in [0, 0.05) is 38.8 Å². The van der Waals surface area contributed by atoms with Crippen LogP contribution in [0.25, 0.3) is 29.1 Å². The number of allylic oxidation sites excluding steroid dienone is 4. The molecule has 1 aliphatic heterocycles. The Balaban J connectivity index is 0.00000109. The SMILES string of the molecule is CCCCCCCCCCCC=Cc1cc(C=CCCCCCCCCCCC)cc(C2=C(CCCC)C(CCCCC)=C(c3cc(CCCCC)cc(CCCCC)c3)[N+]2=[N-])c1.OCc1ccccc1.OCc1ccccc1.[Ni]. The summed E-state index contributed by atoms with van der Waals surface area (Å²) in [5.41, 5.74) is 27.3. The molecule has 4 aromatic rings. The van der Waals surface area contributed by atoms with Crippen LogP contribution in [-0.2, 0) is 42.5 Å². The summed E-state index contributed by atoms with van der Waals surface area (Å²) in [6.45, 7) is 14.1. The number of benzene rings is 4. The van der Waals surface area contributed by atoms with E-state index in [-0.39, 0.29) is 29.7 Å². The zero-order chi connectivity index (χ0) is 56.8. The van der Waals surface area contributed by atoms with Gasteiger partial charge in [-0.3, -0.25) is 0 Å². The average molecular weight is 1130 g/mol. The molecule has 5 heteroatoms. The molecule has 5 rings (SSSR count). The third-order valence-electron chi connectivity index (χ3n) is 15.5. The summed E-state index contributed by atoms with van der Waals surface area (Å²) in [4.78, 5) is 0. The number of hydrogen-bond donors (Lipinski definition) is 2. The Morgan fingerprint density at radius 1 is 0.350 bits per heavy atom. The van der Waals surface area contributed by atoms with Crippen molar-refractivity contribution in [2.75, 3.05) is 0 Å². The van der Waals surface area contributed by atoms with Gasteiger partial charge in [-0.2, -0.15) is 0 Å². The predicted molar refractivity (Wildman–Crippen MR) is 347 cm³/mol. The van der Waals surface area contributed by atoms with Gasteiger partial charge >= 0.3 is 0 Å². The van der Waals surface area contributed by atoms with E-state index in [1.54, 1.807) is 4.70 Å². The second kappa shape index (κ2) is 48.4. The van der Waals surface area contributed by atoms with E-state index < -0.39 is 0 Å². The molecule has 0 bridgehead atoms. The third kappa shape index (κ3) is 30.8. The van der Waals surface area contributed by atoms with Crippen LogP contribution in [0.3, 0.4) is 0 Å². The van der Waals surface area contributed by atoms with Gasteiger partial charge in [-0.25, -0.2) is 4.70 Å². The molecular formula is C75H114N2NiO2. The zero-order valence-corrected chi connectivity index (χ0v) is 52.8. The first kappa shape index (κ1) is 72.0. The molecule has 0 atom stereocenters. The maximum atomic E-state index is 12.8. The van der Waals surface area contributed by atoms with Crippen molar-refractivity contribution in [3.63, 3.8) is 0 Å². The molecular weight excluding hydrogens is 1020 g/mol. The monoisotopic (exact) mass is 1130 g/mol. The van der Waals surface area contributed by atoms with Gasteiger partial charge in [-0.15, -0.1) is 0 Å². The first-order valence-corrected chi connectivity index (χ1v) is 32.7. The second-order valence-electron chi connectivity index (χ2n) is 22.7. The maximum absolute atomic E-state index is 12.8. The smallest absolute Gasteiger partial charge is 0.211 e. The molecule has 0 aromatic heterocycles. The Hall–Kier alpha value is -4.15. The van der Waals surface area contributed by atoms with Crippen LogP contribution in [0.5, 0.6) is 0 Å². The zero-order valence-electron chi connectivity index (χ0n) is 51.8. The van der Waals surface area contributed by atoms with E-state index in [9.17, 15) is 5.53 Å². The molecule has 80 heavy (non-hydrogen) atoms. The summed E-state index contributed by atoms with van der Waals surface area (Å²) in [7, 11) is 0. The molecule has 4 aromatic carbocycles. The Labute approximate surface area is 502 Å².